The molecule has 1 aromatic heterocycles. The van der Waals surface area contributed by atoms with Gasteiger partial charge in [0.05, 0.1) is 4.90 Å². The summed E-state index contributed by atoms with van der Waals surface area (Å²) in [4.78, 5) is 0.375. The van der Waals surface area contributed by atoms with Crippen molar-refractivity contribution in [2.45, 2.75) is 24.8 Å². The maximum absolute atomic E-state index is 11.7. The molecule has 0 saturated heterocycles. The van der Waals surface area contributed by atoms with Crippen molar-refractivity contribution < 1.29 is 8.42 Å². The van der Waals surface area contributed by atoms with Crippen molar-refractivity contribution in [2.24, 2.45) is 0 Å². The third-order valence-corrected chi connectivity index (χ3v) is 5.04. The zero-order valence-corrected chi connectivity index (χ0v) is 13.6. The molecule has 0 unspecified atom stereocenters. The Labute approximate surface area is 131 Å². The summed E-state index contributed by atoms with van der Waals surface area (Å²) >= 11 is 0. The van der Waals surface area contributed by atoms with Gasteiger partial charge in [0, 0.05) is 29.4 Å². The Bertz CT molecular complexity index is 909. The Hall–Kier alpha value is -2.07. The third-order valence-electron chi connectivity index (χ3n) is 3.93. The number of aryl methyl sites for hydroxylation is 1. The van der Waals surface area contributed by atoms with Crippen molar-refractivity contribution in [3.05, 3.63) is 65.9 Å². The highest BCUT2D eigenvalue weighted by molar-refractivity contribution is 7.90. The minimum atomic E-state index is -3.17. The molecule has 0 atom stereocenters. The van der Waals surface area contributed by atoms with Crippen LogP contribution in [0.2, 0.25) is 0 Å². The van der Waals surface area contributed by atoms with E-state index in [0.29, 0.717) is 4.90 Å². The second kappa shape index (κ2) is 5.61. The number of hydrogen-bond acceptors (Lipinski definition) is 2. The smallest absolute Gasteiger partial charge is 0.175 e. The van der Waals surface area contributed by atoms with Crippen LogP contribution in [0.4, 0.5) is 0 Å². The molecule has 0 amide bonds. The number of rotatable bonds is 4. The topological polar surface area (TPSA) is 39.1 Å². The summed E-state index contributed by atoms with van der Waals surface area (Å²) in [7, 11) is -3.17. The SMILES string of the molecule is CCc1cc2cc(S(C)(=O)=O)ccc2n1Cc1ccccc1. The summed E-state index contributed by atoms with van der Waals surface area (Å²) in [6.07, 6.45) is 2.16. The van der Waals surface area contributed by atoms with Crippen LogP contribution >= 0.6 is 0 Å². The zero-order chi connectivity index (χ0) is 15.7. The van der Waals surface area contributed by atoms with Crippen LogP contribution in [0.3, 0.4) is 0 Å². The van der Waals surface area contributed by atoms with Gasteiger partial charge >= 0.3 is 0 Å². The normalized spacial score (nSPS) is 11.9. The lowest BCUT2D eigenvalue weighted by molar-refractivity contribution is 0.602. The highest BCUT2D eigenvalue weighted by atomic mass is 32.2. The molecular weight excluding hydrogens is 294 g/mol. The Balaban J connectivity index is 2.13. The molecule has 0 aliphatic heterocycles. The Kier molecular flexibility index (Phi) is 3.79. The minimum Gasteiger partial charge on any atom is -0.340 e. The number of fused-ring (bicyclic) bond motifs is 1. The van der Waals surface area contributed by atoms with Crippen molar-refractivity contribution in [1.29, 1.82) is 0 Å². The number of sulfone groups is 1. The molecule has 2 aromatic carbocycles. The van der Waals surface area contributed by atoms with Crippen molar-refractivity contribution in [3.8, 4) is 0 Å². The first-order valence-corrected chi connectivity index (χ1v) is 9.24. The van der Waals surface area contributed by atoms with Crippen molar-refractivity contribution in [2.75, 3.05) is 6.26 Å². The fourth-order valence-electron chi connectivity index (χ4n) is 2.78. The predicted molar refractivity (Wildman–Crippen MR) is 90.0 cm³/mol. The van der Waals surface area contributed by atoms with Gasteiger partial charge in [0.15, 0.2) is 9.84 Å². The van der Waals surface area contributed by atoms with E-state index in [1.54, 1.807) is 12.1 Å². The maximum Gasteiger partial charge on any atom is 0.175 e. The number of aromatic nitrogens is 1. The molecule has 0 bridgehead atoms. The monoisotopic (exact) mass is 313 g/mol. The lowest BCUT2D eigenvalue weighted by atomic mass is 10.2. The van der Waals surface area contributed by atoms with Gasteiger partial charge in [0.1, 0.15) is 0 Å². The fourth-order valence-corrected chi connectivity index (χ4v) is 3.44. The lowest BCUT2D eigenvalue weighted by Gasteiger charge is -2.10. The van der Waals surface area contributed by atoms with E-state index in [0.717, 1.165) is 23.9 Å². The second-order valence-electron chi connectivity index (χ2n) is 5.55. The van der Waals surface area contributed by atoms with Crippen molar-refractivity contribution >= 4 is 20.7 Å². The number of hydrogen-bond donors (Lipinski definition) is 0. The molecule has 0 fully saturated rings. The van der Waals surface area contributed by atoms with Gasteiger partial charge in [-0.05, 0) is 36.2 Å². The molecule has 0 N–H and O–H groups in total. The summed E-state index contributed by atoms with van der Waals surface area (Å²) in [5.41, 5.74) is 3.53. The third kappa shape index (κ3) is 2.79. The van der Waals surface area contributed by atoms with Crippen LogP contribution in [0.5, 0.6) is 0 Å². The predicted octanol–water partition coefficient (Wildman–Crippen LogP) is 3.66. The summed E-state index contributed by atoms with van der Waals surface area (Å²) in [6.45, 7) is 2.92. The second-order valence-corrected chi connectivity index (χ2v) is 7.57. The highest BCUT2D eigenvalue weighted by Crippen LogP contribution is 2.25. The van der Waals surface area contributed by atoms with Gasteiger partial charge in [-0.1, -0.05) is 37.3 Å². The standard InChI is InChI=1S/C18H19NO2S/c1-3-16-11-15-12-17(22(2,20)21)9-10-18(15)19(16)13-14-7-5-4-6-8-14/h4-12H,3,13H2,1-2H3. The first-order valence-electron chi connectivity index (χ1n) is 7.35. The summed E-state index contributed by atoms with van der Waals surface area (Å²) < 4.78 is 25.7. The van der Waals surface area contributed by atoms with E-state index in [4.69, 9.17) is 0 Å². The molecule has 0 aliphatic rings. The number of benzene rings is 2. The van der Waals surface area contributed by atoms with Gasteiger partial charge in [-0.25, -0.2) is 8.42 Å². The van der Waals surface area contributed by atoms with E-state index in [1.165, 1.54) is 17.5 Å². The van der Waals surface area contributed by atoms with E-state index < -0.39 is 9.84 Å². The van der Waals surface area contributed by atoms with Gasteiger partial charge in [-0.15, -0.1) is 0 Å². The van der Waals surface area contributed by atoms with Gasteiger partial charge in [-0.2, -0.15) is 0 Å². The Morgan fingerprint density at radius 2 is 1.73 bits per heavy atom. The quantitative estimate of drug-likeness (QED) is 0.737. The molecule has 0 radical (unpaired) electrons. The average molecular weight is 313 g/mol. The van der Waals surface area contributed by atoms with Gasteiger partial charge in [0.2, 0.25) is 0 Å². The minimum absolute atomic E-state index is 0.375. The molecule has 114 valence electrons. The highest BCUT2D eigenvalue weighted by Gasteiger charge is 2.12. The van der Waals surface area contributed by atoms with Crippen LogP contribution in [0, 0.1) is 0 Å². The lowest BCUT2D eigenvalue weighted by Crippen LogP contribution is -2.03. The number of nitrogens with zero attached hydrogens (tertiary/aromatic N) is 1. The van der Waals surface area contributed by atoms with Crippen LogP contribution in [0.15, 0.2) is 59.5 Å². The van der Waals surface area contributed by atoms with Gasteiger partial charge in [-0.3, -0.25) is 0 Å². The summed E-state index contributed by atoms with van der Waals surface area (Å²) in [6, 6.07) is 17.8. The Morgan fingerprint density at radius 1 is 1.00 bits per heavy atom. The molecule has 0 saturated carbocycles. The van der Waals surface area contributed by atoms with Gasteiger partial charge in [0.25, 0.3) is 0 Å². The van der Waals surface area contributed by atoms with Gasteiger partial charge < -0.3 is 4.57 Å². The first-order chi connectivity index (χ1) is 10.5. The fraction of sp³-hybridized carbons (Fsp3) is 0.222. The summed E-state index contributed by atoms with van der Waals surface area (Å²) in [5, 5.41) is 0.982. The molecule has 4 heteroatoms. The molecule has 3 aromatic rings. The molecular formula is C18H19NO2S. The van der Waals surface area contributed by atoms with Crippen LogP contribution in [-0.2, 0) is 22.8 Å². The van der Waals surface area contributed by atoms with Crippen LogP contribution in [0.25, 0.3) is 10.9 Å². The van der Waals surface area contributed by atoms with E-state index in [1.807, 2.05) is 24.3 Å². The molecule has 0 spiro atoms. The largest absolute Gasteiger partial charge is 0.340 e. The van der Waals surface area contributed by atoms with E-state index in [9.17, 15) is 8.42 Å². The van der Waals surface area contributed by atoms with E-state index in [2.05, 4.69) is 29.7 Å². The molecule has 1 heterocycles. The maximum atomic E-state index is 11.7. The van der Waals surface area contributed by atoms with Crippen LogP contribution in [-0.4, -0.2) is 19.2 Å². The van der Waals surface area contributed by atoms with Crippen LogP contribution < -0.4 is 0 Å². The Morgan fingerprint density at radius 3 is 2.36 bits per heavy atom. The summed E-state index contributed by atoms with van der Waals surface area (Å²) in [5.74, 6) is 0. The van der Waals surface area contributed by atoms with Crippen LogP contribution in [0.1, 0.15) is 18.2 Å². The van der Waals surface area contributed by atoms with E-state index >= 15 is 0 Å². The zero-order valence-electron chi connectivity index (χ0n) is 12.8. The van der Waals surface area contributed by atoms with Crippen molar-refractivity contribution in [3.63, 3.8) is 0 Å². The van der Waals surface area contributed by atoms with E-state index in [-0.39, 0.29) is 0 Å². The molecule has 3 rings (SSSR count). The average Bonchev–Trinajstić information content (AvgIpc) is 2.84. The molecule has 22 heavy (non-hydrogen) atoms. The first kappa shape index (κ1) is 14.9. The molecule has 3 nitrogen and oxygen atoms in total. The molecule has 0 aliphatic carbocycles. The van der Waals surface area contributed by atoms with Crippen molar-refractivity contribution in [1.82, 2.24) is 4.57 Å².